The number of β-amino-alcohol motifs (C(OH)–C–C–N with tert-alkyl or cyclic N) is 1. The van der Waals surface area contributed by atoms with Gasteiger partial charge >= 0.3 is 6.18 Å². The van der Waals surface area contributed by atoms with Gasteiger partial charge in [-0.15, -0.1) is 0 Å². The van der Waals surface area contributed by atoms with Crippen molar-refractivity contribution >= 4 is 5.91 Å². The molecule has 0 bridgehead atoms. The van der Waals surface area contributed by atoms with Crippen LogP contribution < -0.4 is 5.32 Å². The highest BCUT2D eigenvalue weighted by Crippen LogP contribution is 2.12. The van der Waals surface area contributed by atoms with Crippen LogP contribution in [0.25, 0.3) is 0 Å². The van der Waals surface area contributed by atoms with E-state index in [9.17, 15) is 18.0 Å². The van der Waals surface area contributed by atoms with Gasteiger partial charge in [-0.1, -0.05) is 0 Å². The number of nitrogens with zero attached hydrogens (tertiary/aromatic N) is 1. The van der Waals surface area contributed by atoms with Gasteiger partial charge in [-0.25, -0.2) is 0 Å². The summed E-state index contributed by atoms with van der Waals surface area (Å²) in [4.78, 5) is 12.6. The highest BCUT2D eigenvalue weighted by molar-refractivity contribution is 5.78. The summed E-state index contributed by atoms with van der Waals surface area (Å²) >= 11 is 0. The molecule has 1 aliphatic heterocycles. The quantitative estimate of drug-likeness (QED) is 0.696. The van der Waals surface area contributed by atoms with Crippen molar-refractivity contribution in [2.75, 3.05) is 26.2 Å². The minimum absolute atomic E-state index is 0.0901. The van der Waals surface area contributed by atoms with Crippen LogP contribution in [0.1, 0.15) is 6.42 Å². The minimum atomic E-state index is -4.37. The van der Waals surface area contributed by atoms with E-state index in [0.29, 0.717) is 19.5 Å². The Labute approximate surface area is 85.1 Å². The van der Waals surface area contributed by atoms with Gasteiger partial charge in [-0.05, 0) is 6.42 Å². The number of aliphatic hydroxyl groups excluding tert-OH is 1. The van der Waals surface area contributed by atoms with Crippen molar-refractivity contribution in [3.05, 3.63) is 0 Å². The van der Waals surface area contributed by atoms with E-state index >= 15 is 0 Å². The van der Waals surface area contributed by atoms with Gasteiger partial charge in [0.05, 0.1) is 12.6 Å². The van der Waals surface area contributed by atoms with Crippen LogP contribution >= 0.6 is 0 Å². The van der Waals surface area contributed by atoms with E-state index in [1.807, 2.05) is 0 Å². The second kappa shape index (κ2) is 4.80. The summed E-state index contributed by atoms with van der Waals surface area (Å²) in [5, 5.41) is 10.9. The molecule has 0 unspecified atom stereocenters. The second-order valence-electron chi connectivity index (χ2n) is 3.57. The third-order valence-electron chi connectivity index (χ3n) is 2.10. The molecular formula is C8H13F3N2O2. The van der Waals surface area contributed by atoms with Gasteiger partial charge in [-0.2, -0.15) is 13.2 Å². The first-order chi connectivity index (χ1) is 6.87. The number of amides is 1. The van der Waals surface area contributed by atoms with Crippen molar-refractivity contribution < 1.29 is 23.1 Å². The summed E-state index contributed by atoms with van der Waals surface area (Å²) in [6.07, 6.45) is -4.28. The molecule has 0 aromatic carbocycles. The van der Waals surface area contributed by atoms with E-state index in [0.717, 1.165) is 0 Å². The van der Waals surface area contributed by atoms with Crippen molar-refractivity contribution in [1.29, 1.82) is 0 Å². The van der Waals surface area contributed by atoms with Crippen LogP contribution in [-0.2, 0) is 4.79 Å². The van der Waals surface area contributed by atoms with Gasteiger partial charge in [-0.3, -0.25) is 9.69 Å². The first-order valence-corrected chi connectivity index (χ1v) is 4.61. The fourth-order valence-corrected chi connectivity index (χ4v) is 1.41. The predicted molar refractivity (Wildman–Crippen MR) is 46.1 cm³/mol. The fourth-order valence-electron chi connectivity index (χ4n) is 1.41. The summed E-state index contributed by atoms with van der Waals surface area (Å²) in [7, 11) is 0. The van der Waals surface area contributed by atoms with E-state index in [4.69, 9.17) is 5.11 Å². The van der Waals surface area contributed by atoms with Crippen LogP contribution in [0.15, 0.2) is 0 Å². The van der Waals surface area contributed by atoms with Gasteiger partial charge in [0.25, 0.3) is 0 Å². The number of hydrogen-bond donors (Lipinski definition) is 2. The summed E-state index contributed by atoms with van der Waals surface area (Å²) in [5.74, 6) is -0.665. The second-order valence-corrected chi connectivity index (χ2v) is 3.57. The standard InChI is InChI=1S/C8H13F3N2O2/c9-8(10,11)5-12-7(15)4-13-2-1-6(14)3-13/h6,14H,1-5H2,(H,12,15)/t6-/m0/s1. The monoisotopic (exact) mass is 226 g/mol. The molecule has 1 fully saturated rings. The maximum atomic E-state index is 11.7. The van der Waals surface area contributed by atoms with Gasteiger partial charge in [0.2, 0.25) is 5.91 Å². The van der Waals surface area contributed by atoms with Gasteiger partial charge in [0.1, 0.15) is 6.54 Å². The summed E-state index contributed by atoms with van der Waals surface area (Å²) in [6.45, 7) is -0.505. The number of carbonyl (C=O) groups excluding carboxylic acids is 1. The molecule has 0 radical (unpaired) electrons. The molecule has 1 rings (SSSR count). The largest absolute Gasteiger partial charge is 0.405 e. The first kappa shape index (κ1) is 12.3. The zero-order valence-corrected chi connectivity index (χ0v) is 8.05. The topological polar surface area (TPSA) is 52.6 Å². The van der Waals surface area contributed by atoms with E-state index in [-0.39, 0.29) is 6.54 Å². The van der Waals surface area contributed by atoms with Crippen LogP contribution in [0.3, 0.4) is 0 Å². The minimum Gasteiger partial charge on any atom is -0.392 e. The average molecular weight is 226 g/mol. The molecule has 0 saturated carbocycles. The average Bonchev–Trinajstić information content (AvgIpc) is 2.47. The Morgan fingerprint density at radius 1 is 1.53 bits per heavy atom. The van der Waals surface area contributed by atoms with E-state index in [2.05, 4.69) is 0 Å². The van der Waals surface area contributed by atoms with Gasteiger partial charge in [0.15, 0.2) is 0 Å². The van der Waals surface area contributed by atoms with E-state index in [1.54, 1.807) is 10.2 Å². The van der Waals surface area contributed by atoms with Crippen LogP contribution in [0, 0.1) is 0 Å². The Bertz CT molecular complexity index is 232. The normalized spacial score (nSPS) is 23.1. The zero-order chi connectivity index (χ0) is 11.5. The lowest BCUT2D eigenvalue weighted by Gasteiger charge is -2.15. The number of alkyl halides is 3. The molecule has 15 heavy (non-hydrogen) atoms. The van der Waals surface area contributed by atoms with Crippen LogP contribution in [0.5, 0.6) is 0 Å². The first-order valence-electron chi connectivity index (χ1n) is 4.61. The van der Waals surface area contributed by atoms with Crippen LogP contribution in [0.4, 0.5) is 13.2 Å². The number of nitrogens with one attached hydrogen (secondary N) is 1. The lowest BCUT2D eigenvalue weighted by molar-refractivity contribution is -0.138. The summed E-state index contributed by atoms with van der Waals surface area (Å²) in [6, 6.07) is 0. The van der Waals surface area contributed by atoms with E-state index < -0.39 is 24.7 Å². The molecule has 88 valence electrons. The smallest absolute Gasteiger partial charge is 0.392 e. The molecule has 7 heteroatoms. The van der Waals surface area contributed by atoms with Crippen molar-refractivity contribution in [3.8, 4) is 0 Å². The number of rotatable bonds is 3. The molecule has 1 aliphatic rings. The fraction of sp³-hybridized carbons (Fsp3) is 0.875. The summed E-state index contributed by atoms with van der Waals surface area (Å²) < 4.78 is 35.2. The third-order valence-corrected chi connectivity index (χ3v) is 2.10. The van der Waals surface area contributed by atoms with Gasteiger partial charge < -0.3 is 10.4 Å². The number of carbonyl (C=O) groups is 1. The Kier molecular flexibility index (Phi) is 3.92. The Hall–Kier alpha value is -0.820. The van der Waals surface area contributed by atoms with Gasteiger partial charge in [0, 0.05) is 13.1 Å². The SMILES string of the molecule is O=C(CN1CC[C@H](O)C1)NCC(F)(F)F. The van der Waals surface area contributed by atoms with Crippen molar-refractivity contribution in [2.45, 2.75) is 18.7 Å². The Balaban J connectivity index is 2.19. The highest BCUT2D eigenvalue weighted by atomic mass is 19.4. The molecule has 2 N–H and O–H groups in total. The summed E-state index contributed by atoms with van der Waals surface area (Å²) in [5.41, 5.74) is 0. The van der Waals surface area contributed by atoms with Crippen molar-refractivity contribution in [3.63, 3.8) is 0 Å². The van der Waals surface area contributed by atoms with E-state index in [1.165, 1.54) is 0 Å². The molecule has 1 amide bonds. The molecule has 0 aromatic heterocycles. The Morgan fingerprint density at radius 3 is 2.67 bits per heavy atom. The molecule has 1 atom stereocenters. The number of aliphatic hydroxyl groups is 1. The number of halogens is 3. The molecule has 0 aromatic rings. The molecule has 4 nitrogen and oxygen atoms in total. The maximum absolute atomic E-state index is 11.7. The van der Waals surface area contributed by atoms with Crippen LogP contribution in [0.2, 0.25) is 0 Å². The van der Waals surface area contributed by atoms with Crippen LogP contribution in [-0.4, -0.2) is 54.4 Å². The Morgan fingerprint density at radius 2 is 2.20 bits per heavy atom. The molecule has 1 heterocycles. The number of hydrogen-bond acceptors (Lipinski definition) is 3. The third kappa shape index (κ3) is 4.98. The zero-order valence-electron chi connectivity index (χ0n) is 8.05. The van der Waals surface area contributed by atoms with Crippen molar-refractivity contribution in [1.82, 2.24) is 10.2 Å². The highest BCUT2D eigenvalue weighted by Gasteiger charge is 2.28. The molecule has 0 spiro atoms. The molecular weight excluding hydrogens is 213 g/mol. The molecule has 0 aliphatic carbocycles. The lowest BCUT2D eigenvalue weighted by atomic mass is 10.3. The lowest BCUT2D eigenvalue weighted by Crippen LogP contribution is -2.40. The maximum Gasteiger partial charge on any atom is 0.405 e. The number of likely N-dealkylation sites (tertiary alicyclic amines) is 1. The predicted octanol–water partition coefficient (Wildman–Crippen LogP) is -0.269. The van der Waals surface area contributed by atoms with Crippen molar-refractivity contribution in [2.24, 2.45) is 0 Å². The molecule has 1 saturated heterocycles.